The van der Waals surface area contributed by atoms with E-state index in [1.165, 1.54) is 5.56 Å². The Morgan fingerprint density at radius 3 is 2.61 bits per heavy atom. The van der Waals surface area contributed by atoms with Crippen molar-refractivity contribution in [3.63, 3.8) is 0 Å². The molecule has 0 bridgehead atoms. The first-order valence-electron chi connectivity index (χ1n) is 14.2. The van der Waals surface area contributed by atoms with Crippen LogP contribution in [0.15, 0.2) is 54.6 Å². The highest BCUT2D eigenvalue weighted by molar-refractivity contribution is 6.17. The molecule has 0 saturated heterocycles. The number of allylic oxidation sites excluding steroid dienone is 2. The second-order valence-corrected chi connectivity index (χ2v) is 10.5. The highest BCUT2D eigenvalue weighted by Gasteiger charge is 2.39. The Balaban J connectivity index is 1.96. The van der Waals surface area contributed by atoms with Gasteiger partial charge in [-0.1, -0.05) is 55.0 Å². The SMILES string of the molecule is CCNC(=O)CCC/C=C\C[C@@H]1[C@@H](/C=C/[C@H](CCc2ccccc2)OC(=O)CCCCCCl)[C@H](O)C[C@@H]1O. The third-order valence-electron chi connectivity index (χ3n) is 7.05. The second kappa shape index (κ2) is 19.0. The van der Waals surface area contributed by atoms with Crippen molar-refractivity contribution >= 4 is 23.5 Å². The quantitative estimate of drug-likeness (QED) is 0.0976. The van der Waals surface area contributed by atoms with Gasteiger partial charge < -0.3 is 20.3 Å². The molecule has 0 radical (unpaired) electrons. The first kappa shape index (κ1) is 32.1. The molecule has 0 heterocycles. The van der Waals surface area contributed by atoms with Crippen molar-refractivity contribution in [2.45, 2.75) is 95.9 Å². The average Bonchev–Trinajstić information content (AvgIpc) is 3.17. The highest BCUT2D eigenvalue weighted by atomic mass is 35.5. The van der Waals surface area contributed by atoms with E-state index in [0.717, 1.165) is 38.5 Å². The van der Waals surface area contributed by atoms with E-state index >= 15 is 0 Å². The minimum Gasteiger partial charge on any atom is -0.458 e. The third-order valence-corrected chi connectivity index (χ3v) is 7.31. The van der Waals surface area contributed by atoms with Crippen molar-refractivity contribution in [2.75, 3.05) is 12.4 Å². The van der Waals surface area contributed by atoms with E-state index in [0.29, 0.717) is 44.5 Å². The Hall–Kier alpha value is -2.15. The zero-order chi connectivity index (χ0) is 27.6. The number of aryl methyl sites for hydroxylation is 1. The zero-order valence-electron chi connectivity index (χ0n) is 22.8. The van der Waals surface area contributed by atoms with Crippen molar-refractivity contribution in [1.29, 1.82) is 0 Å². The number of benzene rings is 1. The van der Waals surface area contributed by atoms with E-state index in [4.69, 9.17) is 16.3 Å². The molecule has 212 valence electrons. The Kier molecular flexibility index (Phi) is 16.0. The van der Waals surface area contributed by atoms with Gasteiger partial charge in [0.2, 0.25) is 5.91 Å². The van der Waals surface area contributed by atoms with Crippen molar-refractivity contribution in [3.8, 4) is 0 Å². The number of carbonyl (C=O) groups is 2. The number of aliphatic hydroxyl groups is 2. The Labute approximate surface area is 233 Å². The summed E-state index contributed by atoms with van der Waals surface area (Å²) in [5, 5.41) is 24.0. The van der Waals surface area contributed by atoms with Gasteiger partial charge in [-0.05, 0) is 69.4 Å². The number of hydrogen-bond acceptors (Lipinski definition) is 5. The lowest BCUT2D eigenvalue weighted by atomic mass is 9.89. The van der Waals surface area contributed by atoms with Gasteiger partial charge in [0.15, 0.2) is 0 Å². The molecule has 0 aliphatic heterocycles. The van der Waals surface area contributed by atoms with E-state index in [-0.39, 0.29) is 23.7 Å². The van der Waals surface area contributed by atoms with Gasteiger partial charge in [-0.3, -0.25) is 9.59 Å². The van der Waals surface area contributed by atoms with Crippen LogP contribution in [0.2, 0.25) is 0 Å². The monoisotopic (exact) mass is 547 g/mol. The number of alkyl halides is 1. The van der Waals surface area contributed by atoms with E-state index in [1.807, 2.05) is 49.4 Å². The summed E-state index contributed by atoms with van der Waals surface area (Å²) in [6, 6.07) is 10.1. The van der Waals surface area contributed by atoms with Crippen molar-refractivity contribution in [1.82, 2.24) is 5.32 Å². The minimum absolute atomic E-state index is 0.0678. The minimum atomic E-state index is -0.640. The number of unbranched alkanes of at least 4 members (excludes halogenated alkanes) is 3. The van der Waals surface area contributed by atoms with Crippen molar-refractivity contribution in [3.05, 3.63) is 60.2 Å². The highest BCUT2D eigenvalue weighted by Crippen LogP contribution is 2.36. The molecule has 1 fully saturated rings. The number of esters is 1. The van der Waals surface area contributed by atoms with Gasteiger partial charge in [0.25, 0.3) is 0 Å². The lowest BCUT2D eigenvalue weighted by Gasteiger charge is -2.21. The first-order chi connectivity index (χ1) is 18.4. The molecule has 1 amide bonds. The molecule has 3 N–H and O–H groups in total. The fourth-order valence-electron chi connectivity index (χ4n) is 4.91. The fourth-order valence-corrected chi connectivity index (χ4v) is 5.10. The largest absolute Gasteiger partial charge is 0.458 e. The van der Waals surface area contributed by atoms with Crippen LogP contribution in [-0.4, -0.2) is 52.8 Å². The molecule has 0 spiro atoms. The molecular weight excluding hydrogens is 502 g/mol. The van der Waals surface area contributed by atoms with Crippen LogP contribution in [0.4, 0.5) is 0 Å². The summed E-state index contributed by atoms with van der Waals surface area (Å²) in [5.41, 5.74) is 1.18. The van der Waals surface area contributed by atoms with Crippen LogP contribution >= 0.6 is 11.6 Å². The third kappa shape index (κ3) is 12.6. The molecule has 6 nitrogen and oxygen atoms in total. The number of hydrogen-bond donors (Lipinski definition) is 3. The van der Waals surface area contributed by atoms with Crippen LogP contribution in [0.1, 0.15) is 76.7 Å². The Morgan fingerprint density at radius 1 is 1.08 bits per heavy atom. The topological polar surface area (TPSA) is 95.9 Å². The number of nitrogens with one attached hydrogen (secondary N) is 1. The van der Waals surface area contributed by atoms with Gasteiger partial charge in [0.1, 0.15) is 6.10 Å². The smallest absolute Gasteiger partial charge is 0.306 e. The lowest BCUT2D eigenvalue weighted by molar-refractivity contribution is -0.147. The summed E-state index contributed by atoms with van der Waals surface area (Å²) in [5.74, 6) is 0.118. The maximum absolute atomic E-state index is 12.5. The van der Waals surface area contributed by atoms with Crippen LogP contribution in [0.3, 0.4) is 0 Å². The van der Waals surface area contributed by atoms with Crippen LogP contribution in [0, 0.1) is 11.8 Å². The summed E-state index contributed by atoms with van der Waals surface area (Å²) < 4.78 is 5.82. The maximum atomic E-state index is 12.5. The molecule has 1 aromatic carbocycles. The summed E-state index contributed by atoms with van der Waals surface area (Å²) in [6.45, 7) is 2.55. The standard InChI is InChI=1S/C31H46ClNO5/c1-2-33-30(36)16-10-4-3-9-15-26-27(29(35)23-28(26)34)21-20-25(19-18-24-13-7-5-8-14-24)38-31(37)17-11-6-12-22-32/h3,5,7-9,13-14,20-21,25-29,34-35H,2,4,6,10-12,15-19,22-23H2,1H3,(H,33,36)/b9-3-,21-20+/t25-,26+,27+,28-,29+/m0/s1. The lowest BCUT2D eigenvalue weighted by Crippen LogP contribution is -2.22. The van der Waals surface area contributed by atoms with E-state index < -0.39 is 18.3 Å². The molecule has 7 heteroatoms. The van der Waals surface area contributed by atoms with Crippen LogP contribution < -0.4 is 5.32 Å². The molecule has 1 aliphatic carbocycles. The zero-order valence-corrected chi connectivity index (χ0v) is 23.5. The summed E-state index contributed by atoms with van der Waals surface area (Å²) >= 11 is 5.73. The number of rotatable bonds is 18. The first-order valence-corrected chi connectivity index (χ1v) is 14.7. The van der Waals surface area contributed by atoms with Gasteiger partial charge in [-0.15, -0.1) is 11.6 Å². The normalized spacial score (nSPS) is 22.2. The number of carbonyl (C=O) groups excluding carboxylic acids is 2. The molecule has 5 atom stereocenters. The Morgan fingerprint density at radius 2 is 1.87 bits per heavy atom. The molecule has 0 unspecified atom stereocenters. The van der Waals surface area contributed by atoms with Crippen LogP contribution in [-0.2, 0) is 20.7 Å². The van der Waals surface area contributed by atoms with Crippen LogP contribution in [0.5, 0.6) is 0 Å². The molecular formula is C31H46ClNO5. The summed E-state index contributed by atoms with van der Waals surface area (Å²) in [6.07, 6.45) is 13.7. The number of ether oxygens (including phenoxy) is 1. The molecule has 1 saturated carbocycles. The maximum Gasteiger partial charge on any atom is 0.306 e. The van der Waals surface area contributed by atoms with Crippen LogP contribution in [0.25, 0.3) is 0 Å². The van der Waals surface area contributed by atoms with Crippen molar-refractivity contribution in [2.24, 2.45) is 11.8 Å². The molecule has 2 rings (SSSR count). The molecule has 38 heavy (non-hydrogen) atoms. The summed E-state index contributed by atoms with van der Waals surface area (Å²) in [7, 11) is 0. The molecule has 1 aromatic rings. The van der Waals surface area contributed by atoms with Crippen molar-refractivity contribution < 1.29 is 24.5 Å². The number of amides is 1. The predicted molar refractivity (Wildman–Crippen MR) is 153 cm³/mol. The van der Waals surface area contributed by atoms with E-state index in [2.05, 4.69) is 17.4 Å². The van der Waals surface area contributed by atoms with Gasteiger partial charge in [-0.25, -0.2) is 0 Å². The molecule has 1 aliphatic rings. The number of halogens is 1. The van der Waals surface area contributed by atoms with Gasteiger partial charge >= 0.3 is 5.97 Å². The van der Waals surface area contributed by atoms with E-state index in [9.17, 15) is 19.8 Å². The average molecular weight is 548 g/mol. The van der Waals surface area contributed by atoms with Gasteiger partial charge in [0, 0.05) is 37.6 Å². The number of aliphatic hydroxyl groups excluding tert-OH is 2. The van der Waals surface area contributed by atoms with Gasteiger partial charge in [0.05, 0.1) is 12.2 Å². The Bertz CT molecular complexity index is 859. The molecule has 0 aromatic heterocycles. The summed E-state index contributed by atoms with van der Waals surface area (Å²) in [4.78, 5) is 24.1. The van der Waals surface area contributed by atoms with Gasteiger partial charge in [-0.2, -0.15) is 0 Å². The fraction of sp³-hybridized carbons (Fsp3) is 0.613. The second-order valence-electron chi connectivity index (χ2n) is 10.1. The van der Waals surface area contributed by atoms with E-state index in [1.54, 1.807) is 0 Å². The predicted octanol–water partition coefficient (Wildman–Crippen LogP) is 5.50.